The molecule has 1 aromatic carbocycles. The van der Waals surface area contributed by atoms with Crippen molar-refractivity contribution >= 4 is 11.6 Å². The lowest BCUT2D eigenvalue weighted by Gasteiger charge is -2.28. The summed E-state index contributed by atoms with van der Waals surface area (Å²) in [5.74, 6) is 0.0151. The minimum atomic E-state index is -0.121. The van der Waals surface area contributed by atoms with Gasteiger partial charge in [-0.15, -0.1) is 0 Å². The molecule has 0 aliphatic rings. The smallest absolute Gasteiger partial charge is 0.251 e. The zero-order chi connectivity index (χ0) is 15.2. The molecule has 0 fully saturated rings. The molecule has 3 heteroatoms. The van der Waals surface area contributed by atoms with Crippen molar-refractivity contribution < 1.29 is 4.79 Å². The van der Waals surface area contributed by atoms with Crippen LogP contribution in [0.5, 0.6) is 0 Å². The summed E-state index contributed by atoms with van der Waals surface area (Å²) in [4.78, 5) is 12.3. The highest BCUT2D eigenvalue weighted by Crippen LogP contribution is 2.19. The minimum absolute atomic E-state index is 0.0151. The Morgan fingerprint density at radius 3 is 2.35 bits per heavy atom. The first kappa shape index (κ1) is 16.5. The van der Waals surface area contributed by atoms with Gasteiger partial charge in [0, 0.05) is 23.3 Å². The maximum atomic E-state index is 12.3. The van der Waals surface area contributed by atoms with Gasteiger partial charge in [-0.05, 0) is 56.9 Å². The summed E-state index contributed by atoms with van der Waals surface area (Å²) >= 11 is 0. The molecule has 0 saturated heterocycles. The molecule has 0 bridgehead atoms. The number of hydrogen-bond donors (Lipinski definition) is 2. The molecule has 20 heavy (non-hydrogen) atoms. The number of rotatable bonds is 7. The van der Waals surface area contributed by atoms with E-state index in [4.69, 9.17) is 0 Å². The van der Waals surface area contributed by atoms with Crippen LogP contribution in [0.4, 0.5) is 5.69 Å². The van der Waals surface area contributed by atoms with Gasteiger partial charge in [0.2, 0.25) is 0 Å². The van der Waals surface area contributed by atoms with Crippen LogP contribution in [-0.4, -0.2) is 18.0 Å². The first-order valence-corrected chi connectivity index (χ1v) is 7.62. The van der Waals surface area contributed by atoms with Crippen molar-refractivity contribution in [3.63, 3.8) is 0 Å². The fourth-order valence-electron chi connectivity index (χ4n) is 2.04. The SMILES string of the molecule is CCCNc1ccc(C(=O)NC(C)(CC)CC)cc1C. The Hall–Kier alpha value is -1.51. The molecule has 112 valence electrons. The third-order valence-corrected chi connectivity index (χ3v) is 4.03. The van der Waals surface area contributed by atoms with Crippen LogP contribution >= 0.6 is 0 Å². The van der Waals surface area contributed by atoms with Crippen LogP contribution in [0, 0.1) is 6.92 Å². The number of amides is 1. The van der Waals surface area contributed by atoms with Gasteiger partial charge in [0.15, 0.2) is 0 Å². The van der Waals surface area contributed by atoms with Gasteiger partial charge in [0.25, 0.3) is 5.91 Å². The predicted molar refractivity (Wildman–Crippen MR) is 86.4 cm³/mol. The molecule has 0 atom stereocenters. The van der Waals surface area contributed by atoms with Gasteiger partial charge in [-0.3, -0.25) is 4.79 Å². The van der Waals surface area contributed by atoms with E-state index in [1.165, 1.54) is 0 Å². The van der Waals surface area contributed by atoms with Gasteiger partial charge in [-0.2, -0.15) is 0 Å². The Balaban J connectivity index is 2.82. The van der Waals surface area contributed by atoms with Crippen molar-refractivity contribution in [2.24, 2.45) is 0 Å². The Labute approximate surface area is 123 Å². The monoisotopic (exact) mass is 276 g/mol. The highest BCUT2D eigenvalue weighted by molar-refractivity contribution is 5.95. The van der Waals surface area contributed by atoms with Crippen molar-refractivity contribution in [3.8, 4) is 0 Å². The van der Waals surface area contributed by atoms with Gasteiger partial charge in [-0.1, -0.05) is 20.8 Å². The zero-order valence-electron chi connectivity index (χ0n) is 13.5. The molecule has 0 aliphatic carbocycles. The predicted octanol–water partition coefficient (Wildman–Crippen LogP) is 4.13. The summed E-state index contributed by atoms with van der Waals surface area (Å²) in [6.45, 7) is 11.4. The summed E-state index contributed by atoms with van der Waals surface area (Å²) in [5.41, 5.74) is 2.83. The van der Waals surface area contributed by atoms with Crippen LogP contribution in [-0.2, 0) is 0 Å². The number of benzene rings is 1. The van der Waals surface area contributed by atoms with E-state index in [1.54, 1.807) is 0 Å². The topological polar surface area (TPSA) is 41.1 Å². The van der Waals surface area contributed by atoms with Gasteiger partial charge >= 0.3 is 0 Å². The molecular formula is C17H28N2O. The molecular weight excluding hydrogens is 248 g/mol. The molecule has 1 rings (SSSR count). The summed E-state index contributed by atoms with van der Waals surface area (Å²) in [6, 6.07) is 5.85. The number of anilines is 1. The number of carbonyl (C=O) groups excluding carboxylic acids is 1. The standard InChI is InChI=1S/C17H28N2O/c1-6-11-18-15-10-9-14(12-13(15)4)16(20)19-17(5,7-2)8-3/h9-10,12,18H,6-8,11H2,1-5H3,(H,19,20). The van der Waals surface area contributed by atoms with Crippen molar-refractivity contribution in [1.29, 1.82) is 0 Å². The molecule has 0 radical (unpaired) electrons. The summed E-state index contributed by atoms with van der Waals surface area (Å²) in [5, 5.41) is 6.51. The van der Waals surface area contributed by atoms with E-state index in [-0.39, 0.29) is 11.4 Å². The molecule has 0 aromatic heterocycles. The first-order valence-electron chi connectivity index (χ1n) is 7.62. The number of nitrogens with one attached hydrogen (secondary N) is 2. The van der Waals surface area contributed by atoms with Gasteiger partial charge in [0.1, 0.15) is 0 Å². The second-order valence-electron chi connectivity index (χ2n) is 5.68. The highest BCUT2D eigenvalue weighted by Gasteiger charge is 2.22. The van der Waals surface area contributed by atoms with E-state index in [0.29, 0.717) is 0 Å². The Morgan fingerprint density at radius 2 is 1.85 bits per heavy atom. The lowest BCUT2D eigenvalue weighted by atomic mass is 9.95. The summed E-state index contributed by atoms with van der Waals surface area (Å²) in [7, 11) is 0. The first-order chi connectivity index (χ1) is 9.45. The molecule has 0 unspecified atom stereocenters. The maximum absolute atomic E-state index is 12.3. The second kappa shape index (κ2) is 7.32. The van der Waals surface area contributed by atoms with E-state index in [9.17, 15) is 4.79 Å². The molecule has 0 heterocycles. The molecule has 1 amide bonds. The van der Waals surface area contributed by atoms with Gasteiger partial charge in [-0.25, -0.2) is 0 Å². The fourth-order valence-corrected chi connectivity index (χ4v) is 2.04. The van der Waals surface area contributed by atoms with Crippen molar-refractivity contribution in [2.75, 3.05) is 11.9 Å². The Bertz CT molecular complexity index is 450. The molecule has 0 aliphatic heterocycles. The summed E-state index contributed by atoms with van der Waals surface area (Å²) in [6.07, 6.45) is 2.96. The van der Waals surface area contributed by atoms with Crippen LogP contribution in [0.25, 0.3) is 0 Å². The van der Waals surface area contributed by atoms with Crippen LogP contribution in [0.2, 0.25) is 0 Å². The third-order valence-electron chi connectivity index (χ3n) is 4.03. The summed E-state index contributed by atoms with van der Waals surface area (Å²) < 4.78 is 0. The van der Waals surface area contributed by atoms with E-state index >= 15 is 0 Å². The van der Waals surface area contributed by atoms with Crippen molar-refractivity contribution in [1.82, 2.24) is 5.32 Å². The lowest BCUT2D eigenvalue weighted by Crippen LogP contribution is -2.44. The van der Waals surface area contributed by atoms with Crippen LogP contribution in [0.15, 0.2) is 18.2 Å². The molecule has 3 nitrogen and oxygen atoms in total. The number of hydrogen-bond acceptors (Lipinski definition) is 2. The maximum Gasteiger partial charge on any atom is 0.251 e. The second-order valence-corrected chi connectivity index (χ2v) is 5.68. The average Bonchev–Trinajstić information content (AvgIpc) is 2.45. The Kier molecular flexibility index (Phi) is 6.05. The normalized spacial score (nSPS) is 11.2. The fraction of sp³-hybridized carbons (Fsp3) is 0.588. The van der Waals surface area contributed by atoms with E-state index in [0.717, 1.165) is 42.6 Å². The van der Waals surface area contributed by atoms with Gasteiger partial charge < -0.3 is 10.6 Å². The van der Waals surface area contributed by atoms with Crippen molar-refractivity contribution in [2.45, 2.75) is 59.4 Å². The van der Waals surface area contributed by atoms with E-state index in [2.05, 4.69) is 38.3 Å². The average molecular weight is 276 g/mol. The van der Waals surface area contributed by atoms with Crippen LogP contribution in [0.1, 0.15) is 62.9 Å². The highest BCUT2D eigenvalue weighted by atomic mass is 16.1. The van der Waals surface area contributed by atoms with Crippen LogP contribution in [0.3, 0.4) is 0 Å². The quantitative estimate of drug-likeness (QED) is 0.786. The van der Waals surface area contributed by atoms with E-state index < -0.39 is 0 Å². The van der Waals surface area contributed by atoms with Crippen LogP contribution < -0.4 is 10.6 Å². The minimum Gasteiger partial charge on any atom is -0.385 e. The van der Waals surface area contributed by atoms with Gasteiger partial charge in [0.05, 0.1) is 0 Å². The molecule has 1 aromatic rings. The zero-order valence-corrected chi connectivity index (χ0v) is 13.5. The molecule has 0 spiro atoms. The Morgan fingerprint density at radius 1 is 1.20 bits per heavy atom. The number of carbonyl (C=O) groups is 1. The number of aryl methyl sites for hydroxylation is 1. The molecule has 2 N–H and O–H groups in total. The van der Waals surface area contributed by atoms with E-state index in [1.807, 2.05) is 25.1 Å². The van der Waals surface area contributed by atoms with Crippen molar-refractivity contribution in [3.05, 3.63) is 29.3 Å². The largest absolute Gasteiger partial charge is 0.385 e. The lowest BCUT2D eigenvalue weighted by molar-refractivity contribution is 0.0901. The molecule has 0 saturated carbocycles. The third kappa shape index (κ3) is 4.26.